The minimum absolute atomic E-state index is 0.129. The van der Waals surface area contributed by atoms with Crippen molar-refractivity contribution in [3.8, 4) is 0 Å². The molecule has 1 fully saturated rings. The van der Waals surface area contributed by atoms with Gasteiger partial charge in [-0.3, -0.25) is 19.2 Å². The Kier molecular flexibility index (Phi) is 9.60. The molecule has 2 aliphatic rings. The highest BCUT2D eigenvalue weighted by molar-refractivity contribution is 7.95. The molecule has 1 saturated heterocycles. The van der Waals surface area contributed by atoms with E-state index in [0.29, 0.717) is 28.7 Å². The van der Waals surface area contributed by atoms with Gasteiger partial charge in [0.2, 0.25) is 5.91 Å². The summed E-state index contributed by atoms with van der Waals surface area (Å²) in [7, 11) is 3.51. The molecule has 0 bridgehead atoms. The minimum atomic E-state index is -0.843. The van der Waals surface area contributed by atoms with Gasteiger partial charge in [0.15, 0.2) is 5.01 Å². The number of piperidine rings is 1. The number of carbonyl (C=O) groups excluding carboxylic acids is 4. The Labute approximate surface area is 233 Å². The van der Waals surface area contributed by atoms with Crippen LogP contribution in [0.15, 0.2) is 24.3 Å². The molecule has 0 aliphatic carbocycles. The zero-order valence-electron chi connectivity index (χ0n) is 21.0. The summed E-state index contributed by atoms with van der Waals surface area (Å²) < 4.78 is 4.94. The summed E-state index contributed by atoms with van der Waals surface area (Å²) in [6.07, 6.45) is 1.13. The number of aromatic nitrogens is 1. The number of likely N-dealkylation sites (tertiary alicyclic amines) is 1. The molecule has 4 rings (SSSR count). The molecule has 0 radical (unpaired) electrons. The predicted molar refractivity (Wildman–Crippen MR) is 146 cm³/mol. The van der Waals surface area contributed by atoms with E-state index in [1.165, 1.54) is 18.4 Å². The number of nitrogens with one attached hydrogen (secondary N) is 3. The maximum atomic E-state index is 13.2. The largest absolute Gasteiger partial charge is 0.343 e. The van der Waals surface area contributed by atoms with Crippen LogP contribution < -0.4 is 16.0 Å². The maximum absolute atomic E-state index is 13.2. The van der Waals surface area contributed by atoms with Crippen LogP contribution in [-0.4, -0.2) is 90.0 Å². The molecule has 3 N–H and O–H groups in total. The first kappa shape index (κ1) is 28.3. The van der Waals surface area contributed by atoms with Crippen LogP contribution in [0, 0.1) is 0 Å². The van der Waals surface area contributed by atoms with Crippen LogP contribution in [0.2, 0.25) is 5.02 Å². The van der Waals surface area contributed by atoms with Crippen molar-refractivity contribution < 1.29 is 23.4 Å². The fourth-order valence-corrected chi connectivity index (χ4v) is 5.92. The molecular weight excluding hydrogens is 552 g/mol. The van der Waals surface area contributed by atoms with Crippen LogP contribution in [-0.2, 0) is 31.5 Å². The molecule has 4 amide bonds. The average molecular weight is 581 g/mol. The Bertz CT molecular complexity index is 1190. The molecule has 1 aromatic heterocycles. The van der Waals surface area contributed by atoms with E-state index >= 15 is 0 Å². The van der Waals surface area contributed by atoms with Gasteiger partial charge in [0.05, 0.1) is 30.6 Å². The SMILES string of the molecule is COSCC(=O)N1CC[C@H](NC(=O)C(=O)Nc2ccc(Cl)cc2)[C@H](NC(=O)c2nc3c(s2)CN(C)CC3)C1. The number of hydrogen-bond donors (Lipinski definition) is 3. The molecule has 2 aromatic rings. The monoisotopic (exact) mass is 580 g/mol. The van der Waals surface area contributed by atoms with Crippen molar-refractivity contribution in [2.45, 2.75) is 31.5 Å². The quantitative estimate of drug-likeness (QED) is 0.332. The number of anilines is 1. The topological polar surface area (TPSA) is 133 Å². The lowest BCUT2D eigenvalue weighted by Crippen LogP contribution is -2.62. The summed E-state index contributed by atoms with van der Waals surface area (Å²) in [6.45, 7) is 2.15. The second-order valence-electron chi connectivity index (χ2n) is 9.05. The van der Waals surface area contributed by atoms with Gasteiger partial charge in [0.1, 0.15) is 0 Å². The molecule has 204 valence electrons. The predicted octanol–water partition coefficient (Wildman–Crippen LogP) is 1.53. The number of hydrogen-bond acceptors (Lipinski definition) is 9. The van der Waals surface area contributed by atoms with E-state index in [4.69, 9.17) is 15.8 Å². The van der Waals surface area contributed by atoms with Gasteiger partial charge >= 0.3 is 11.8 Å². The lowest BCUT2D eigenvalue weighted by Gasteiger charge is -2.39. The highest BCUT2D eigenvalue weighted by Gasteiger charge is 2.35. The third-order valence-electron chi connectivity index (χ3n) is 6.32. The van der Waals surface area contributed by atoms with Crippen molar-refractivity contribution in [1.82, 2.24) is 25.4 Å². The summed E-state index contributed by atoms with van der Waals surface area (Å²) in [5.41, 5.74) is 1.35. The summed E-state index contributed by atoms with van der Waals surface area (Å²) in [4.78, 5) is 60.4. The molecule has 14 heteroatoms. The molecule has 0 unspecified atom stereocenters. The number of thiazole rings is 1. The van der Waals surface area contributed by atoms with Crippen LogP contribution in [0.3, 0.4) is 0 Å². The van der Waals surface area contributed by atoms with Gasteiger partial charge in [-0.1, -0.05) is 11.6 Å². The van der Waals surface area contributed by atoms with E-state index < -0.39 is 23.9 Å². The Morgan fingerprint density at radius 3 is 2.63 bits per heavy atom. The van der Waals surface area contributed by atoms with E-state index in [-0.39, 0.29) is 24.1 Å². The molecule has 0 saturated carbocycles. The van der Waals surface area contributed by atoms with E-state index in [1.807, 2.05) is 7.05 Å². The van der Waals surface area contributed by atoms with Gasteiger partial charge in [-0.2, -0.15) is 0 Å². The Morgan fingerprint density at radius 2 is 1.89 bits per heavy atom. The molecule has 2 aliphatic heterocycles. The molecule has 1 aromatic carbocycles. The third-order valence-corrected chi connectivity index (χ3v) is 8.26. The number of halogens is 1. The van der Waals surface area contributed by atoms with Crippen LogP contribution in [0.25, 0.3) is 0 Å². The Balaban J connectivity index is 1.44. The lowest BCUT2D eigenvalue weighted by atomic mass is 9.98. The van der Waals surface area contributed by atoms with Gasteiger partial charge in [-0.05, 0) is 37.7 Å². The van der Waals surface area contributed by atoms with Crippen LogP contribution in [0.4, 0.5) is 5.69 Å². The average Bonchev–Trinajstić information content (AvgIpc) is 3.33. The fraction of sp³-hybridized carbons (Fsp3) is 0.458. The van der Waals surface area contributed by atoms with Crippen molar-refractivity contribution in [3.05, 3.63) is 44.9 Å². The van der Waals surface area contributed by atoms with Crippen LogP contribution in [0.5, 0.6) is 0 Å². The number of benzene rings is 1. The first-order chi connectivity index (χ1) is 18.2. The first-order valence-corrected chi connectivity index (χ1v) is 14.1. The highest BCUT2D eigenvalue weighted by atomic mass is 35.5. The van der Waals surface area contributed by atoms with Gasteiger partial charge < -0.3 is 29.9 Å². The van der Waals surface area contributed by atoms with Crippen molar-refractivity contribution in [2.24, 2.45) is 0 Å². The Morgan fingerprint density at radius 1 is 1.13 bits per heavy atom. The van der Waals surface area contributed by atoms with Crippen molar-refractivity contribution in [3.63, 3.8) is 0 Å². The summed E-state index contributed by atoms with van der Waals surface area (Å²) in [6, 6.07) is 5.19. The van der Waals surface area contributed by atoms with Crippen LogP contribution in [0.1, 0.15) is 26.8 Å². The lowest BCUT2D eigenvalue weighted by molar-refractivity contribution is -0.137. The normalized spacial score (nSPS) is 19.4. The molecule has 0 spiro atoms. The second-order valence-corrected chi connectivity index (χ2v) is 11.4. The highest BCUT2D eigenvalue weighted by Crippen LogP contribution is 2.25. The summed E-state index contributed by atoms with van der Waals surface area (Å²) in [5, 5.41) is 9.06. The molecule has 3 heterocycles. The number of rotatable bonds is 7. The fourth-order valence-electron chi connectivity index (χ4n) is 4.30. The number of nitrogens with zero attached hydrogens (tertiary/aromatic N) is 3. The van der Waals surface area contributed by atoms with E-state index in [9.17, 15) is 19.2 Å². The van der Waals surface area contributed by atoms with Gasteiger partial charge in [0, 0.05) is 60.2 Å². The smallest absolute Gasteiger partial charge is 0.313 e. The van der Waals surface area contributed by atoms with E-state index in [2.05, 4.69) is 25.8 Å². The zero-order chi connectivity index (χ0) is 27.2. The van der Waals surface area contributed by atoms with Crippen LogP contribution >= 0.6 is 35.0 Å². The van der Waals surface area contributed by atoms with E-state index in [0.717, 1.165) is 42.1 Å². The van der Waals surface area contributed by atoms with Crippen molar-refractivity contribution in [2.75, 3.05) is 44.9 Å². The van der Waals surface area contributed by atoms with Gasteiger partial charge in [-0.15, -0.1) is 11.3 Å². The summed E-state index contributed by atoms with van der Waals surface area (Å²) in [5.74, 6) is -2.07. The zero-order valence-corrected chi connectivity index (χ0v) is 23.4. The molecule has 2 atom stereocenters. The number of likely N-dealkylation sites (N-methyl/N-ethyl adjacent to an activating group) is 1. The third kappa shape index (κ3) is 7.23. The maximum Gasteiger partial charge on any atom is 0.313 e. The first-order valence-electron chi connectivity index (χ1n) is 12.0. The molecular formula is C24H29ClN6O5S2. The molecule has 38 heavy (non-hydrogen) atoms. The second kappa shape index (κ2) is 12.9. The van der Waals surface area contributed by atoms with Crippen molar-refractivity contribution >= 4 is 64.3 Å². The minimum Gasteiger partial charge on any atom is -0.343 e. The number of amides is 4. The number of fused-ring (bicyclic) bond motifs is 1. The van der Waals surface area contributed by atoms with Gasteiger partial charge in [0.25, 0.3) is 5.91 Å². The Hall–Kier alpha value is -2.71. The standard InChI is InChI=1S/C24H29ClN6O5S2/c1-30-9-7-17-19(12-30)38-24(29-17)23(35)28-18-11-31(20(32)13-37-36-2)10-8-16(18)27-22(34)21(33)26-15-5-3-14(25)4-6-15/h3-6,16,18H,7-13H2,1-2H3,(H,26,33)(H,27,34)(H,28,35)/t16-,18+/m0/s1. The molecule has 11 nitrogen and oxygen atoms in total. The number of carbonyl (C=O) groups is 4. The summed E-state index contributed by atoms with van der Waals surface area (Å²) >= 11 is 8.25. The van der Waals surface area contributed by atoms with E-state index in [1.54, 1.807) is 29.2 Å². The van der Waals surface area contributed by atoms with Gasteiger partial charge in [-0.25, -0.2) is 4.98 Å². The van der Waals surface area contributed by atoms with Crippen molar-refractivity contribution in [1.29, 1.82) is 0 Å².